The lowest BCUT2D eigenvalue weighted by molar-refractivity contribution is 0.412. The monoisotopic (exact) mass is 453 g/mol. The van der Waals surface area contributed by atoms with Gasteiger partial charge in [-0.05, 0) is 69.4 Å². The predicted octanol–water partition coefficient (Wildman–Crippen LogP) is 4.09. The summed E-state index contributed by atoms with van der Waals surface area (Å²) in [6.07, 6.45) is 3.56. The predicted molar refractivity (Wildman–Crippen MR) is 82.7 cm³/mol. The summed E-state index contributed by atoms with van der Waals surface area (Å²) in [5.41, 5.74) is 0. The first kappa shape index (κ1) is 12.9. The van der Waals surface area contributed by atoms with Gasteiger partial charge in [0, 0.05) is 12.4 Å². The van der Waals surface area contributed by atoms with Crippen LogP contribution in [-0.4, -0.2) is 12.1 Å². The molecule has 3 nitrogen and oxygen atoms in total. The highest BCUT2D eigenvalue weighted by molar-refractivity contribution is 14.1. The molecule has 17 heavy (non-hydrogen) atoms. The molecule has 0 amide bonds. The van der Waals surface area contributed by atoms with E-state index < -0.39 is 0 Å². The van der Waals surface area contributed by atoms with Crippen molar-refractivity contribution in [2.75, 3.05) is 7.11 Å². The fourth-order valence-corrected chi connectivity index (χ4v) is 2.90. The van der Waals surface area contributed by atoms with Crippen molar-refractivity contribution in [2.45, 2.75) is 0 Å². The molecular weight excluding hydrogens is 444 g/mol. The number of halogens is 2. The molecule has 1 heterocycles. The Labute approximate surface area is 127 Å². The van der Waals surface area contributed by atoms with Crippen LogP contribution in [-0.2, 0) is 0 Å². The average Bonchev–Trinajstić information content (AvgIpc) is 2.35. The van der Waals surface area contributed by atoms with Crippen LogP contribution in [0.5, 0.6) is 17.2 Å². The third kappa shape index (κ3) is 3.21. The Hall–Kier alpha value is -0.570. The molecule has 1 aromatic carbocycles. The molecule has 0 aliphatic heterocycles. The minimum Gasteiger partial charge on any atom is -0.497 e. The van der Waals surface area contributed by atoms with Gasteiger partial charge in [0.15, 0.2) is 5.75 Å². The van der Waals surface area contributed by atoms with Gasteiger partial charge in [-0.1, -0.05) is 0 Å². The zero-order chi connectivity index (χ0) is 12.3. The summed E-state index contributed by atoms with van der Waals surface area (Å²) in [6.45, 7) is 0. The van der Waals surface area contributed by atoms with Crippen molar-refractivity contribution >= 4 is 45.2 Å². The number of hydrogen-bond acceptors (Lipinski definition) is 3. The minimum absolute atomic E-state index is 0.785. The lowest BCUT2D eigenvalue weighted by Gasteiger charge is -2.09. The zero-order valence-electron chi connectivity index (χ0n) is 8.98. The molecule has 1 aromatic heterocycles. The maximum atomic E-state index is 5.83. The van der Waals surface area contributed by atoms with E-state index in [4.69, 9.17) is 9.47 Å². The quantitative estimate of drug-likeness (QED) is 0.657. The molecule has 0 aliphatic carbocycles. The summed E-state index contributed by atoms with van der Waals surface area (Å²) in [5, 5.41) is 0. The number of aromatic nitrogens is 1. The van der Waals surface area contributed by atoms with Crippen LogP contribution in [0.15, 0.2) is 36.7 Å². The number of rotatable bonds is 3. The molecule has 0 atom stereocenters. The van der Waals surface area contributed by atoms with E-state index in [0.29, 0.717) is 0 Å². The molecule has 0 fully saturated rings. The molecule has 2 rings (SSSR count). The van der Waals surface area contributed by atoms with Crippen LogP contribution in [0.3, 0.4) is 0 Å². The molecule has 0 radical (unpaired) electrons. The van der Waals surface area contributed by atoms with Gasteiger partial charge in [-0.15, -0.1) is 0 Å². The summed E-state index contributed by atoms with van der Waals surface area (Å²) in [4.78, 5) is 4.10. The first-order chi connectivity index (χ1) is 8.20. The second-order valence-corrected chi connectivity index (χ2v) is 5.53. The van der Waals surface area contributed by atoms with Crippen molar-refractivity contribution in [3.8, 4) is 17.2 Å². The number of ether oxygens (including phenoxy) is 2. The molecule has 0 saturated heterocycles. The van der Waals surface area contributed by atoms with E-state index in [1.807, 2.05) is 24.3 Å². The summed E-state index contributed by atoms with van der Waals surface area (Å²) in [7, 11) is 1.64. The van der Waals surface area contributed by atoms with Gasteiger partial charge in [-0.3, -0.25) is 4.98 Å². The Bertz CT molecular complexity index is 494. The van der Waals surface area contributed by atoms with Gasteiger partial charge in [-0.25, -0.2) is 0 Å². The summed E-state index contributed by atoms with van der Waals surface area (Å²) in [5.74, 6) is 2.44. The van der Waals surface area contributed by atoms with E-state index in [1.54, 1.807) is 19.5 Å². The SMILES string of the molecule is COc1ccc(Oc2c(I)cncc2I)cc1. The second kappa shape index (κ2) is 5.85. The van der Waals surface area contributed by atoms with Gasteiger partial charge >= 0.3 is 0 Å². The Morgan fingerprint density at radius 1 is 0.941 bits per heavy atom. The fourth-order valence-electron chi connectivity index (χ4n) is 1.26. The van der Waals surface area contributed by atoms with Gasteiger partial charge < -0.3 is 9.47 Å². The van der Waals surface area contributed by atoms with Crippen LogP contribution in [0.25, 0.3) is 0 Å². The highest BCUT2D eigenvalue weighted by Gasteiger charge is 2.07. The van der Waals surface area contributed by atoms with E-state index in [9.17, 15) is 0 Å². The van der Waals surface area contributed by atoms with Crippen molar-refractivity contribution in [3.63, 3.8) is 0 Å². The highest BCUT2D eigenvalue weighted by Crippen LogP contribution is 2.31. The van der Waals surface area contributed by atoms with E-state index in [0.717, 1.165) is 24.4 Å². The molecular formula is C12H9I2NO2. The number of benzene rings is 1. The first-order valence-electron chi connectivity index (χ1n) is 4.81. The minimum atomic E-state index is 0.785. The maximum Gasteiger partial charge on any atom is 0.157 e. The number of pyridine rings is 1. The Morgan fingerprint density at radius 2 is 1.47 bits per heavy atom. The maximum absolute atomic E-state index is 5.83. The van der Waals surface area contributed by atoms with E-state index in [-0.39, 0.29) is 0 Å². The molecule has 0 bridgehead atoms. The fraction of sp³-hybridized carbons (Fsp3) is 0.0833. The van der Waals surface area contributed by atoms with Crippen molar-refractivity contribution in [1.29, 1.82) is 0 Å². The van der Waals surface area contributed by atoms with Crippen LogP contribution in [0.1, 0.15) is 0 Å². The van der Waals surface area contributed by atoms with Crippen molar-refractivity contribution in [1.82, 2.24) is 4.98 Å². The Morgan fingerprint density at radius 3 is 2.00 bits per heavy atom. The molecule has 88 valence electrons. The molecule has 2 aromatic rings. The normalized spacial score (nSPS) is 10.1. The lowest BCUT2D eigenvalue weighted by atomic mass is 10.3. The standard InChI is InChI=1S/C12H9I2NO2/c1-16-8-2-4-9(5-3-8)17-12-10(13)6-15-7-11(12)14/h2-7H,1H3. The number of hydrogen-bond donors (Lipinski definition) is 0. The van der Waals surface area contributed by atoms with Crippen LogP contribution >= 0.6 is 45.2 Å². The Balaban J connectivity index is 2.25. The molecule has 0 unspecified atom stereocenters. The van der Waals surface area contributed by atoms with Crippen molar-refractivity contribution in [3.05, 3.63) is 43.8 Å². The van der Waals surface area contributed by atoms with Crippen molar-refractivity contribution in [2.24, 2.45) is 0 Å². The molecule has 0 saturated carbocycles. The van der Waals surface area contributed by atoms with Crippen LogP contribution < -0.4 is 9.47 Å². The number of nitrogens with zero attached hydrogens (tertiary/aromatic N) is 1. The van der Waals surface area contributed by atoms with E-state index >= 15 is 0 Å². The van der Waals surface area contributed by atoms with Crippen molar-refractivity contribution < 1.29 is 9.47 Å². The van der Waals surface area contributed by atoms with Crippen LogP contribution in [0.4, 0.5) is 0 Å². The summed E-state index contributed by atoms with van der Waals surface area (Å²) in [6, 6.07) is 7.50. The first-order valence-corrected chi connectivity index (χ1v) is 6.97. The third-order valence-corrected chi connectivity index (χ3v) is 3.63. The van der Waals surface area contributed by atoms with Gasteiger partial charge in [0.1, 0.15) is 11.5 Å². The largest absolute Gasteiger partial charge is 0.497 e. The second-order valence-electron chi connectivity index (χ2n) is 3.21. The van der Waals surface area contributed by atoms with Crippen LogP contribution in [0, 0.1) is 7.14 Å². The topological polar surface area (TPSA) is 31.4 Å². The Kier molecular flexibility index (Phi) is 4.43. The van der Waals surface area contributed by atoms with E-state index in [1.165, 1.54) is 0 Å². The summed E-state index contributed by atoms with van der Waals surface area (Å²) < 4.78 is 12.9. The highest BCUT2D eigenvalue weighted by atomic mass is 127. The molecule has 0 aliphatic rings. The summed E-state index contributed by atoms with van der Waals surface area (Å²) >= 11 is 4.42. The zero-order valence-corrected chi connectivity index (χ0v) is 13.3. The molecule has 0 spiro atoms. The molecule has 5 heteroatoms. The third-order valence-electron chi connectivity index (χ3n) is 2.09. The van der Waals surface area contributed by atoms with Gasteiger partial charge in [-0.2, -0.15) is 0 Å². The van der Waals surface area contributed by atoms with Crippen LogP contribution in [0.2, 0.25) is 0 Å². The lowest BCUT2D eigenvalue weighted by Crippen LogP contribution is -1.92. The number of methoxy groups -OCH3 is 1. The molecule has 0 N–H and O–H groups in total. The average molecular weight is 453 g/mol. The smallest absolute Gasteiger partial charge is 0.157 e. The van der Waals surface area contributed by atoms with E-state index in [2.05, 4.69) is 50.2 Å². The van der Waals surface area contributed by atoms with Gasteiger partial charge in [0.2, 0.25) is 0 Å². The van der Waals surface area contributed by atoms with Gasteiger partial charge in [0.05, 0.1) is 14.3 Å². The van der Waals surface area contributed by atoms with Gasteiger partial charge in [0.25, 0.3) is 0 Å².